The molecule has 0 bridgehead atoms. The number of rotatable bonds is 7. The molecule has 1 aromatic carbocycles. The Morgan fingerprint density at radius 2 is 1.50 bits per heavy atom. The molecule has 0 saturated heterocycles. The fourth-order valence-electron chi connectivity index (χ4n) is 3.57. The van der Waals surface area contributed by atoms with Crippen LogP contribution < -0.4 is 0 Å². The van der Waals surface area contributed by atoms with Crippen molar-refractivity contribution in [2.45, 2.75) is 52.9 Å². The molecule has 0 saturated carbocycles. The normalized spacial score (nSPS) is 12.0. The zero-order valence-electron chi connectivity index (χ0n) is 14.0. The zero-order valence-corrected chi connectivity index (χ0v) is 14.0. The Bertz CT molecular complexity index is 548. The molecule has 0 radical (unpaired) electrons. The third-order valence-corrected chi connectivity index (χ3v) is 3.88. The van der Waals surface area contributed by atoms with Gasteiger partial charge in [0.05, 0.1) is 11.1 Å². The van der Waals surface area contributed by atoms with Crippen LogP contribution in [0.1, 0.15) is 73.7 Å². The van der Waals surface area contributed by atoms with Gasteiger partial charge in [-0.1, -0.05) is 46.8 Å². The van der Waals surface area contributed by atoms with E-state index in [2.05, 4.69) is 27.7 Å². The number of carboxylic acids is 2. The highest BCUT2D eigenvalue weighted by molar-refractivity contribution is 6.03. The van der Waals surface area contributed by atoms with E-state index in [0.717, 1.165) is 12.8 Å². The van der Waals surface area contributed by atoms with E-state index in [1.165, 1.54) is 6.07 Å². The first-order valence-corrected chi connectivity index (χ1v) is 7.68. The van der Waals surface area contributed by atoms with Crippen LogP contribution in [0.3, 0.4) is 0 Å². The van der Waals surface area contributed by atoms with E-state index in [1.54, 1.807) is 12.1 Å². The summed E-state index contributed by atoms with van der Waals surface area (Å²) in [6, 6.07) is 4.77. The van der Waals surface area contributed by atoms with Crippen molar-refractivity contribution in [3.8, 4) is 0 Å². The van der Waals surface area contributed by atoms with Crippen LogP contribution >= 0.6 is 0 Å². The molecule has 2 N–H and O–H groups in total. The van der Waals surface area contributed by atoms with E-state index in [-0.39, 0.29) is 16.5 Å². The highest BCUT2D eigenvalue weighted by Gasteiger charge is 2.34. The Morgan fingerprint density at radius 1 is 1.00 bits per heavy atom. The summed E-state index contributed by atoms with van der Waals surface area (Å²) in [5.74, 6) is -1.60. The van der Waals surface area contributed by atoms with Crippen molar-refractivity contribution in [2.24, 2.45) is 11.8 Å². The molecule has 1 aromatic rings. The Morgan fingerprint density at radius 3 is 1.86 bits per heavy atom. The molecule has 0 heterocycles. The van der Waals surface area contributed by atoms with Crippen LogP contribution in [0.2, 0.25) is 0 Å². The lowest BCUT2D eigenvalue weighted by atomic mass is 9.69. The SMILES string of the molecule is CC(C)CC(C)(CC(C)C)c1cccc(C(=O)O)c1C(=O)O. The minimum Gasteiger partial charge on any atom is -0.478 e. The maximum absolute atomic E-state index is 11.7. The first-order valence-electron chi connectivity index (χ1n) is 7.68. The van der Waals surface area contributed by atoms with Crippen molar-refractivity contribution in [1.29, 1.82) is 0 Å². The van der Waals surface area contributed by atoms with Gasteiger partial charge in [0.25, 0.3) is 0 Å². The van der Waals surface area contributed by atoms with Gasteiger partial charge in [-0.3, -0.25) is 0 Å². The van der Waals surface area contributed by atoms with E-state index >= 15 is 0 Å². The fraction of sp³-hybridized carbons (Fsp3) is 0.556. The first kappa shape index (κ1) is 18.2. The summed E-state index contributed by atoms with van der Waals surface area (Å²) in [5.41, 5.74) is 0.0615. The van der Waals surface area contributed by atoms with Crippen molar-refractivity contribution in [1.82, 2.24) is 0 Å². The van der Waals surface area contributed by atoms with Gasteiger partial charge < -0.3 is 10.2 Å². The number of hydrogen-bond donors (Lipinski definition) is 2. The minimum atomic E-state index is -1.20. The van der Waals surface area contributed by atoms with Crippen LogP contribution in [0.5, 0.6) is 0 Å². The molecule has 0 fully saturated rings. The molecule has 0 aliphatic rings. The van der Waals surface area contributed by atoms with Gasteiger partial charge in [-0.15, -0.1) is 0 Å². The van der Waals surface area contributed by atoms with E-state index in [1.807, 2.05) is 6.92 Å². The standard InChI is InChI=1S/C18H26O4/c1-11(2)9-18(5,10-12(3)4)14-8-6-7-13(16(19)20)15(14)17(21)22/h6-8,11-12H,9-10H2,1-5H3,(H,19,20)(H,21,22). The van der Waals surface area contributed by atoms with Gasteiger partial charge in [0.15, 0.2) is 0 Å². The van der Waals surface area contributed by atoms with Gasteiger partial charge in [0.2, 0.25) is 0 Å². The summed E-state index contributed by atoms with van der Waals surface area (Å²) in [5, 5.41) is 18.9. The van der Waals surface area contributed by atoms with Crippen LogP contribution in [0, 0.1) is 11.8 Å². The van der Waals surface area contributed by atoms with E-state index in [4.69, 9.17) is 0 Å². The molecule has 122 valence electrons. The number of carbonyl (C=O) groups is 2. The highest BCUT2D eigenvalue weighted by Crippen LogP contribution is 2.39. The smallest absolute Gasteiger partial charge is 0.336 e. The number of carboxylic acid groups (broad SMARTS) is 2. The Labute approximate surface area is 132 Å². The second-order valence-corrected chi connectivity index (χ2v) is 7.10. The second kappa shape index (κ2) is 6.95. The Hall–Kier alpha value is -1.84. The van der Waals surface area contributed by atoms with E-state index in [0.29, 0.717) is 17.4 Å². The van der Waals surface area contributed by atoms with Crippen molar-refractivity contribution in [3.63, 3.8) is 0 Å². The lowest BCUT2D eigenvalue weighted by molar-refractivity contribution is 0.0648. The maximum Gasteiger partial charge on any atom is 0.336 e. The molecule has 0 aliphatic carbocycles. The number of hydrogen-bond acceptors (Lipinski definition) is 2. The highest BCUT2D eigenvalue weighted by atomic mass is 16.4. The van der Waals surface area contributed by atoms with Crippen LogP contribution in [0.4, 0.5) is 0 Å². The lowest BCUT2D eigenvalue weighted by Crippen LogP contribution is -2.30. The molecule has 22 heavy (non-hydrogen) atoms. The van der Waals surface area contributed by atoms with Crippen molar-refractivity contribution in [2.75, 3.05) is 0 Å². The largest absolute Gasteiger partial charge is 0.478 e. The second-order valence-electron chi connectivity index (χ2n) is 7.10. The van der Waals surface area contributed by atoms with Gasteiger partial charge in [0.1, 0.15) is 0 Å². The summed E-state index contributed by atoms with van der Waals surface area (Å²) in [6.07, 6.45) is 1.63. The summed E-state index contributed by atoms with van der Waals surface area (Å²) in [6.45, 7) is 10.4. The molecule has 0 unspecified atom stereocenters. The average Bonchev–Trinajstić information content (AvgIpc) is 2.35. The molecule has 1 rings (SSSR count). The third kappa shape index (κ3) is 4.09. The molecule has 0 spiro atoms. The topological polar surface area (TPSA) is 74.6 Å². The number of aromatic carboxylic acids is 2. The van der Waals surface area contributed by atoms with Crippen LogP contribution in [0.15, 0.2) is 18.2 Å². The molecule has 4 nitrogen and oxygen atoms in total. The van der Waals surface area contributed by atoms with E-state index < -0.39 is 11.9 Å². The van der Waals surface area contributed by atoms with Gasteiger partial charge in [-0.2, -0.15) is 0 Å². The predicted octanol–water partition coefficient (Wildman–Crippen LogP) is 4.43. The summed E-state index contributed by atoms with van der Waals surface area (Å²) < 4.78 is 0. The molecule has 0 aromatic heterocycles. The first-order chi connectivity index (χ1) is 10.1. The maximum atomic E-state index is 11.7. The van der Waals surface area contributed by atoms with Crippen LogP contribution in [0.25, 0.3) is 0 Å². The summed E-state index contributed by atoms with van der Waals surface area (Å²) in [7, 11) is 0. The van der Waals surface area contributed by atoms with Gasteiger partial charge in [-0.05, 0) is 41.7 Å². The van der Waals surface area contributed by atoms with Crippen LogP contribution in [-0.4, -0.2) is 22.2 Å². The molecule has 0 atom stereocenters. The summed E-state index contributed by atoms with van der Waals surface area (Å²) in [4.78, 5) is 23.1. The summed E-state index contributed by atoms with van der Waals surface area (Å²) >= 11 is 0. The van der Waals surface area contributed by atoms with Crippen LogP contribution in [-0.2, 0) is 5.41 Å². The van der Waals surface area contributed by atoms with Gasteiger partial charge in [0, 0.05) is 0 Å². The van der Waals surface area contributed by atoms with Crippen molar-refractivity contribution < 1.29 is 19.8 Å². The minimum absolute atomic E-state index is 0.0706. The van der Waals surface area contributed by atoms with Gasteiger partial charge >= 0.3 is 11.9 Å². The predicted molar refractivity (Wildman–Crippen MR) is 86.6 cm³/mol. The van der Waals surface area contributed by atoms with Crippen molar-refractivity contribution in [3.05, 3.63) is 34.9 Å². The fourth-order valence-corrected chi connectivity index (χ4v) is 3.57. The number of benzene rings is 1. The lowest BCUT2D eigenvalue weighted by Gasteiger charge is -2.35. The zero-order chi connectivity index (χ0) is 17.1. The Balaban J connectivity index is 3.57. The monoisotopic (exact) mass is 306 g/mol. The molecule has 0 amide bonds. The average molecular weight is 306 g/mol. The molecule has 0 aliphatic heterocycles. The van der Waals surface area contributed by atoms with Gasteiger partial charge in [-0.25, -0.2) is 9.59 Å². The van der Waals surface area contributed by atoms with Crippen molar-refractivity contribution >= 4 is 11.9 Å². The third-order valence-electron chi connectivity index (χ3n) is 3.88. The molecular weight excluding hydrogens is 280 g/mol. The van der Waals surface area contributed by atoms with E-state index in [9.17, 15) is 19.8 Å². The Kier molecular flexibility index (Phi) is 5.75. The molecule has 4 heteroatoms. The quantitative estimate of drug-likeness (QED) is 0.781. The molecular formula is C18H26O4.